The van der Waals surface area contributed by atoms with Crippen molar-refractivity contribution in [1.82, 2.24) is 40.4 Å². The molecule has 4 heterocycles. The standard InChI is InChI=1S/C47H53N9O6/c1-25(2)39(53-46(59)61-5)44(57)55-24-27(21-48)17-38(55)42-49-23-37(51-42)33-14-13-31-18-30(11-12-32(31)19-33)28-7-9-29(10-8-28)36-22-50-43(52-36)41-34-15-16-35(20-34)56(41)45(58)40(26(3)4)54-47(60)62-6/h7-14,18-19,22-23,25-27,34-35,38-41H,15-17,20,24H2,1-6H3,(H,49,51)(H,50,52)(H,53,59)(H,54,60)/t27-,34+,35-,38+,39+,40+,41+/m1/s1. The maximum absolute atomic E-state index is 14.0. The molecule has 3 fully saturated rings. The number of imidazole rings is 2. The highest BCUT2D eigenvalue weighted by Crippen LogP contribution is 2.50. The van der Waals surface area contributed by atoms with Crippen molar-refractivity contribution in [1.29, 1.82) is 5.26 Å². The Labute approximate surface area is 360 Å². The molecule has 0 unspecified atom stereocenters. The highest BCUT2D eigenvalue weighted by Gasteiger charge is 2.51. The van der Waals surface area contributed by atoms with Crippen LogP contribution in [-0.2, 0) is 19.1 Å². The molecule has 2 bridgehead atoms. The smallest absolute Gasteiger partial charge is 0.407 e. The lowest BCUT2D eigenvalue weighted by atomic mass is 9.95. The topological polar surface area (TPSA) is 198 Å². The van der Waals surface area contributed by atoms with Crippen LogP contribution in [0.2, 0.25) is 0 Å². The van der Waals surface area contributed by atoms with Crippen LogP contribution in [-0.4, -0.2) is 92.6 Å². The van der Waals surface area contributed by atoms with Gasteiger partial charge in [0.05, 0.1) is 62.1 Å². The Kier molecular flexibility index (Phi) is 11.8. The minimum Gasteiger partial charge on any atom is -0.453 e. The number of ether oxygens (including phenoxy) is 2. The highest BCUT2D eigenvalue weighted by atomic mass is 16.5. The molecule has 15 heteroatoms. The molecule has 15 nitrogen and oxygen atoms in total. The molecular weight excluding hydrogens is 787 g/mol. The van der Waals surface area contributed by atoms with E-state index in [-0.39, 0.29) is 48.2 Å². The average Bonchev–Trinajstić information content (AvgIpc) is 4.15. The quantitative estimate of drug-likeness (QED) is 0.104. The number of aromatic nitrogens is 4. The summed E-state index contributed by atoms with van der Waals surface area (Å²) in [5.74, 6) is 0.603. The zero-order chi connectivity index (χ0) is 43.8. The van der Waals surface area contributed by atoms with Crippen LogP contribution in [0.1, 0.15) is 77.1 Å². The van der Waals surface area contributed by atoms with E-state index in [1.165, 1.54) is 14.2 Å². The lowest BCUT2D eigenvalue weighted by Gasteiger charge is -2.37. The van der Waals surface area contributed by atoms with Gasteiger partial charge < -0.3 is 39.9 Å². The first-order valence-electron chi connectivity index (χ1n) is 21.3. The van der Waals surface area contributed by atoms with Gasteiger partial charge in [0.25, 0.3) is 0 Å². The van der Waals surface area contributed by atoms with Crippen LogP contribution in [0.3, 0.4) is 0 Å². The molecule has 4 amide bonds. The number of nitrogens with zero attached hydrogens (tertiary/aromatic N) is 5. The lowest BCUT2D eigenvalue weighted by molar-refractivity contribution is -0.139. The van der Waals surface area contributed by atoms with Crippen LogP contribution in [0, 0.1) is 35.0 Å². The van der Waals surface area contributed by atoms with Crippen LogP contribution < -0.4 is 10.6 Å². The largest absolute Gasteiger partial charge is 0.453 e. The molecule has 3 aromatic carbocycles. The summed E-state index contributed by atoms with van der Waals surface area (Å²) >= 11 is 0. The van der Waals surface area contributed by atoms with E-state index in [0.29, 0.717) is 18.2 Å². The van der Waals surface area contributed by atoms with Crippen molar-refractivity contribution in [2.75, 3.05) is 20.8 Å². The van der Waals surface area contributed by atoms with Gasteiger partial charge >= 0.3 is 12.2 Å². The molecule has 1 saturated carbocycles. The Morgan fingerprint density at radius 1 is 0.726 bits per heavy atom. The number of piperidine rings is 1. The van der Waals surface area contributed by atoms with E-state index in [4.69, 9.17) is 14.5 Å². The van der Waals surface area contributed by atoms with Gasteiger partial charge in [0.1, 0.15) is 23.7 Å². The third-order valence-corrected chi connectivity index (χ3v) is 12.9. The van der Waals surface area contributed by atoms with Crippen molar-refractivity contribution in [3.8, 4) is 39.7 Å². The Bertz CT molecular complexity index is 2520. The summed E-state index contributed by atoms with van der Waals surface area (Å²) in [6.07, 6.45) is 5.62. The second-order valence-electron chi connectivity index (χ2n) is 17.4. The second kappa shape index (κ2) is 17.4. The maximum Gasteiger partial charge on any atom is 0.407 e. The number of aromatic amines is 2. The molecule has 0 spiro atoms. The summed E-state index contributed by atoms with van der Waals surface area (Å²) in [5, 5.41) is 17.3. The highest BCUT2D eigenvalue weighted by molar-refractivity contribution is 5.91. The fraction of sp³-hybridized carbons (Fsp3) is 0.426. The number of carbonyl (C=O) groups is 4. The van der Waals surface area contributed by atoms with E-state index in [0.717, 1.165) is 69.5 Å². The van der Waals surface area contributed by atoms with Crippen LogP contribution in [0.5, 0.6) is 0 Å². The van der Waals surface area contributed by atoms with Crippen LogP contribution in [0.15, 0.2) is 73.1 Å². The predicted octanol–water partition coefficient (Wildman–Crippen LogP) is 7.51. The number of methoxy groups -OCH3 is 2. The molecule has 7 atom stereocenters. The molecule has 8 rings (SSSR count). The molecule has 322 valence electrons. The van der Waals surface area contributed by atoms with Crippen LogP contribution in [0.4, 0.5) is 9.59 Å². The number of amides is 4. The monoisotopic (exact) mass is 839 g/mol. The first kappa shape index (κ1) is 42.0. The molecule has 5 aromatic rings. The Hall–Kier alpha value is -6.69. The van der Waals surface area contributed by atoms with E-state index >= 15 is 0 Å². The Morgan fingerprint density at radius 3 is 1.90 bits per heavy atom. The number of hydrogen-bond donors (Lipinski definition) is 4. The number of hydrogen-bond acceptors (Lipinski definition) is 9. The minimum atomic E-state index is -0.809. The zero-order valence-electron chi connectivity index (χ0n) is 35.8. The first-order valence-corrected chi connectivity index (χ1v) is 21.3. The van der Waals surface area contributed by atoms with Crippen LogP contribution >= 0.6 is 0 Å². The van der Waals surface area contributed by atoms with Crippen molar-refractivity contribution in [3.63, 3.8) is 0 Å². The molecule has 1 aliphatic carbocycles. The van der Waals surface area contributed by atoms with Crippen molar-refractivity contribution in [2.24, 2.45) is 23.7 Å². The Morgan fingerprint density at radius 2 is 1.27 bits per heavy atom. The fourth-order valence-electron chi connectivity index (χ4n) is 9.55. The summed E-state index contributed by atoms with van der Waals surface area (Å²) in [5.41, 5.74) is 5.71. The minimum absolute atomic E-state index is 0.101. The second-order valence-corrected chi connectivity index (χ2v) is 17.4. The van der Waals surface area contributed by atoms with Crippen LogP contribution in [0.25, 0.3) is 44.4 Å². The molecule has 0 radical (unpaired) electrons. The van der Waals surface area contributed by atoms with E-state index in [1.807, 2.05) is 44.9 Å². The van der Waals surface area contributed by atoms with E-state index in [9.17, 15) is 24.4 Å². The van der Waals surface area contributed by atoms with Gasteiger partial charge in [0.15, 0.2) is 0 Å². The third-order valence-electron chi connectivity index (χ3n) is 12.9. The summed E-state index contributed by atoms with van der Waals surface area (Å²) in [4.78, 5) is 71.9. The zero-order valence-corrected chi connectivity index (χ0v) is 35.8. The van der Waals surface area contributed by atoms with Gasteiger partial charge in [-0.25, -0.2) is 19.6 Å². The third kappa shape index (κ3) is 8.09. The fourth-order valence-corrected chi connectivity index (χ4v) is 9.55. The summed E-state index contributed by atoms with van der Waals surface area (Å²) in [6.45, 7) is 7.80. The number of likely N-dealkylation sites (tertiary alicyclic amines) is 2. The lowest BCUT2D eigenvalue weighted by Crippen LogP contribution is -2.54. The molecule has 4 N–H and O–H groups in total. The molecule has 2 aliphatic heterocycles. The predicted molar refractivity (Wildman–Crippen MR) is 232 cm³/mol. The van der Waals surface area contributed by atoms with Gasteiger partial charge in [-0.15, -0.1) is 0 Å². The number of benzene rings is 3. The number of nitrogens with one attached hydrogen (secondary N) is 4. The van der Waals surface area contributed by atoms with E-state index in [2.05, 4.69) is 86.3 Å². The van der Waals surface area contributed by atoms with Crippen molar-refractivity contribution < 1.29 is 28.7 Å². The first-order chi connectivity index (χ1) is 29.9. The number of H-pyrrole nitrogens is 2. The van der Waals surface area contributed by atoms with Gasteiger partial charge in [-0.2, -0.15) is 5.26 Å². The number of fused-ring (bicyclic) bond motifs is 3. The van der Waals surface area contributed by atoms with Gasteiger partial charge in [-0.3, -0.25) is 9.59 Å². The SMILES string of the molecule is COC(=O)N[C@H](C(=O)N1C[C@@H](C#N)C[C@H]1c1ncc(-c2ccc3cc(-c4ccc(-c5cnc([C@@H]6[C@H]7CC[C@H](C7)N6C(=O)[C@@H](NC(=O)OC)C(C)C)[nH]5)cc4)ccc3c2)[nH]1)C(C)C. The summed E-state index contributed by atoms with van der Waals surface area (Å²) in [6, 6.07) is 21.2. The number of nitriles is 1. The van der Waals surface area contributed by atoms with E-state index in [1.54, 1.807) is 11.1 Å². The van der Waals surface area contributed by atoms with Crippen molar-refractivity contribution >= 4 is 34.8 Å². The Balaban J connectivity index is 0.966. The van der Waals surface area contributed by atoms with Gasteiger partial charge in [0.2, 0.25) is 11.8 Å². The summed E-state index contributed by atoms with van der Waals surface area (Å²) < 4.78 is 9.58. The molecular formula is C47H53N9O6. The normalized spacial score (nSPS) is 21.6. The number of alkyl carbamates (subject to hydrolysis) is 2. The van der Waals surface area contributed by atoms with Gasteiger partial charge in [0, 0.05) is 18.2 Å². The van der Waals surface area contributed by atoms with Gasteiger partial charge in [-0.1, -0.05) is 76.2 Å². The number of rotatable bonds is 11. The van der Waals surface area contributed by atoms with Gasteiger partial charge in [-0.05, 0) is 83.0 Å². The molecule has 2 saturated heterocycles. The average molecular weight is 840 g/mol. The maximum atomic E-state index is 14.0. The van der Waals surface area contributed by atoms with E-state index < -0.39 is 30.3 Å². The molecule has 2 aromatic heterocycles. The van der Waals surface area contributed by atoms with Crippen molar-refractivity contribution in [2.45, 2.75) is 83.6 Å². The molecule has 62 heavy (non-hydrogen) atoms. The summed E-state index contributed by atoms with van der Waals surface area (Å²) in [7, 11) is 2.56. The van der Waals surface area contributed by atoms with Crippen molar-refractivity contribution in [3.05, 3.63) is 84.7 Å². The number of carbonyl (C=O) groups excluding carboxylic acids is 4. The molecule has 3 aliphatic rings.